The zero-order valence-corrected chi connectivity index (χ0v) is 18.4. The fourth-order valence-corrected chi connectivity index (χ4v) is 4.82. The van der Waals surface area contributed by atoms with Gasteiger partial charge in [-0.05, 0) is 31.2 Å². The first-order chi connectivity index (χ1) is 16.1. The van der Waals surface area contributed by atoms with Crippen LogP contribution >= 0.6 is 0 Å². The second kappa shape index (κ2) is 7.70. The smallest absolute Gasteiger partial charge is 0.293 e. The van der Waals surface area contributed by atoms with Gasteiger partial charge in [0.1, 0.15) is 23.1 Å². The number of aromatic nitrogens is 5. The van der Waals surface area contributed by atoms with Crippen molar-refractivity contribution in [3.05, 3.63) is 58.8 Å². The van der Waals surface area contributed by atoms with Crippen LogP contribution in [0.3, 0.4) is 0 Å². The standard InChI is InChI=1S/C24H25N7O2/c1-2-30-22-18(27-24(30)29-11-5-7-16(25)13-29)12-26-31(23(22)32)14-20-28-21-17-8-4-3-6-15(17)9-10-19(21)33-20/h3-4,6,8-10,12,16H,2,5,7,11,13-14,25H2,1H3/t16-/m1/s1. The molecule has 9 heteroatoms. The van der Waals surface area contributed by atoms with Crippen molar-refractivity contribution < 1.29 is 4.42 Å². The topological polar surface area (TPSA) is 108 Å². The molecule has 9 nitrogen and oxygen atoms in total. The van der Waals surface area contributed by atoms with E-state index in [1.54, 1.807) is 6.20 Å². The zero-order valence-electron chi connectivity index (χ0n) is 18.4. The Morgan fingerprint density at radius 1 is 1.18 bits per heavy atom. The lowest BCUT2D eigenvalue weighted by atomic mass is 10.1. The van der Waals surface area contributed by atoms with E-state index >= 15 is 0 Å². The van der Waals surface area contributed by atoms with Crippen LogP contribution in [0.4, 0.5) is 5.95 Å². The van der Waals surface area contributed by atoms with Gasteiger partial charge < -0.3 is 19.6 Å². The molecule has 0 spiro atoms. The second-order valence-corrected chi connectivity index (χ2v) is 8.59. The number of hydrogen-bond donors (Lipinski definition) is 1. The molecule has 6 rings (SSSR count). The first-order valence-electron chi connectivity index (χ1n) is 11.4. The van der Waals surface area contributed by atoms with E-state index in [1.807, 2.05) is 47.9 Å². The summed E-state index contributed by atoms with van der Waals surface area (Å²) in [7, 11) is 0. The van der Waals surface area contributed by atoms with E-state index in [4.69, 9.17) is 15.1 Å². The van der Waals surface area contributed by atoms with Crippen LogP contribution in [0, 0.1) is 0 Å². The zero-order chi connectivity index (χ0) is 22.5. The molecule has 0 radical (unpaired) electrons. The summed E-state index contributed by atoms with van der Waals surface area (Å²) < 4.78 is 9.32. The molecule has 1 aliphatic rings. The lowest BCUT2D eigenvalue weighted by Crippen LogP contribution is -2.44. The number of nitrogens with two attached hydrogens (primary N) is 1. The van der Waals surface area contributed by atoms with Crippen LogP contribution in [0.15, 0.2) is 51.8 Å². The molecular weight excluding hydrogens is 418 g/mol. The number of imidazole rings is 1. The van der Waals surface area contributed by atoms with Crippen molar-refractivity contribution in [2.45, 2.75) is 38.9 Å². The Labute approximate surface area is 189 Å². The molecule has 4 heterocycles. The highest BCUT2D eigenvalue weighted by atomic mass is 16.3. The van der Waals surface area contributed by atoms with Gasteiger partial charge in [-0.15, -0.1) is 0 Å². The average molecular weight is 444 g/mol. The number of fused-ring (bicyclic) bond motifs is 4. The fourth-order valence-electron chi connectivity index (χ4n) is 4.82. The normalized spacial score (nSPS) is 16.9. The Bertz CT molecular complexity index is 1550. The van der Waals surface area contributed by atoms with E-state index in [0.29, 0.717) is 29.1 Å². The van der Waals surface area contributed by atoms with E-state index in [2.05, 4.69) is 15.0 Å². The van der Waals surface area contributed by atoms with Gasteiger partial charge in [0.25, 0.3) is 5.56 Å². The van der Waals surface area contributed by atoms with Gasteiger partial charge in [0.2, 0.25) is 11.8 Å². The number of anilines is 1. The number of hydrogen-bond acceptors (Lipinski definition) is 7. The van der Waals surface area contributed by atoms with Gasteiger partial charge in [0, 0.05) is 31.1 Å². The van der Waals surface area contributed by atoms with Gasteiger partial charge in [-0.2, -0.15) is 5.10 Å². The van der Waals surface area contributed by atoms with Crippen molar-refractivity contribution in [3.63, 3.8) is 0 Å². The summed E-state index contributed by atoms with van der Waals surface area (Å²) in [6.45, 7) is 4.42. The number of rotatable bonds is 4. The molecule has 3 aromatic heterocycles. The summed E-state index contributed by atoms with van der Waals surface area (Å²) >= 11 is 0. The summed E-state index contributed by atoms with van der Waals surface area (Å²) in [6, 6.07) is 12.1. The van der Waals surface area contributed by atoms with Crippen LogP contribution < -0.4 is 16.2 Å². The van der Waals surface area contributed by atoms with Crippen molar-refractivity contribution in [2.75, 3.05) is 18.0 Å². The summed E-state index contributed by atoms with van der Waals surface area (Å²) in [6.07, 6.45) is 3.67. The third kappa shape index (κ3) is 3.27. The van der Waals surface area contributed by atoms with E-state index in [9.17, 15) is 4.79 Å². The molecule has 33 heavy (non-hydrogen) atoms. The Kier molecular flexibility index (Phi) is 4.65. The lowest BCUT2D eigenvalue weighted by molar-refractivity contribution is 0.482. The molecule has 0 bridgehead atoms. The summed E-state index contributed by atoms with van der Waals surface area (Å²) in [5, 5.41) is 6.49. The molecule has 168 valence electrons. The van der Waals surface area contributed by atoms with Crippen molar-refractivity contribution in [2.24, 2.45) is 5.73 Å². The predicted molar refractivity (Wildman–Crippen MR) is 128 cm³/mol. The minimum Gasteiger partial charge on any atom is -0.439 e. The van der Waals surface area contributed by atoms with Crippen molar-refractivity contribution in [1.82, 2.24) is 24.3 Å². The highest BCUT2D eigenvalue weighted by molar-refractivity contribution is 6.03. The Balaban J connectivity index is 1.41. The van der Waals surface area contributed by atoms with Crippen LogP contribution in [0.1, 0.15) is 25.7 Å². The van der Waals surface area contributed by atoms with Crippen molar-refractivity contribution >= 4 is 38.9 Å². The van der Waals surface area contributed by atoms with Crippen LogP contribution in [0.5, 0.6) is 0 Å². The minimum atomic E-state index is -0.207. The molecule has 1 saturated heterocycles. The molecular formula is C24H25N7O2. The van der Waals surface area contributed by atoms with E-state index < -0.39 is 0 Å². The third-order valence-electron chi connectivity index (χ3n) is 6.40. The van der Waals surface area contributed by atoms with Gasteiger partial charge >= 0.3 is 0 Å². The number of piperidine rings is 1. The molecule has 1 aliphatic heterocycles. The fraction of sp³-hybridized carbons (Fsp3) is 0.333. The second-order valence-electron chi connectivity index (χ2n) is 8.59. The Morgan fingerprint density at radius 2 is 2.06 bits per heavy atom. The lowest BCUT2D eigenvalue weighted by Gasteiger charge is -2.31. The van der Waals surface area contributed by atoms with Gasteiger partial charge in [-0.3, -0.25) is 4.79 Å². The van der Waals surface area contributed by atoms with Crippen LogP contribution in [0.25, 0.3) is 32.9 Å². The van der Waals surface area contributed by atoms with Crippen LogP contribution in [0.2, 0.25) is 0 Å². The average Bonchev–Trinajstić information content (AvgIpc) is 3.42. The molecule has 0 saturated carbocycles. The maximum absolute atomic E-state index is 13.4. The van der Waals surface area contributed by atoms with Gasteiger partial charge in [-0.25, -0.2) is 14.6 Å². The molecule has 0 aliphatic carbocycles. The van der Waals surface area contributed by atoms with E-state index in [1.165, 1.54) is 4.68 Å². The SMILES string of the molecule is CCn1c(N2CCC[C@@H](N)C2)nc2cnn(Cc3nc4c(ccc5ccccc54)o3)c(=O)c21. The number of aryl methyl sites for hydroxylation is 1. The highest BCUT2D eigenvalue weighted by Crippen LogP contribution is 2.26. The number of nitrogens with zero attached hydrogens (tertiary/aromatic N) is 6. The largest absolute Gasteiger partial charge is 0.439 e. The Morgan fingerprint density at radius 3 is 2.91 bits per heavy atom. The van der Waals surface area contributed by atoms with Gasteiger partial charge in [0.05, 0.1) is 6.20 Å². The molecule has 2 aromatic carbocycles. The first-order valence-corrected chi connectivity index (χ1v) is 11.4. The van der Waals surface area contributed by atoms with Crippen LogP contribution in [-0.4, -0.2) is 43.4 Å². The maximum Gasteiger partial charge on any atom is 0.293 e. The first kappa shape index (κ1) is 19.9. The monoisotopic (exact) mass is 443 g/mol. The van der Waals surface area contributed by atoms with Crippen LogP contribution in [-0.2, 0) is 13.1 Å². The van der Waals surface area contributed by atoms with E-state index in [-0.39, 0.29) is 18.1 Å². The molecule has 0 unspecified atom stereocenters. The predicted octanol–water partition coefficient (Wildman–Crippen LogP) is 2.88. The minimum absolute atomic E-state index is 0.119. The molecule has 1 fully saturated rings. The molecule has 1 atom stereocenters. The summed E-state index contributed by atoms with van der Waals surface area (Å²) in [5.41, 5.74) is 8.60. The summed E-state index contributed by atoms with van der Waals surface area (Å²) in [5.74, 6) is 1.23. The maximum atomic E-state index is 13.4. The summed E-state index contributed by atoms with van der Waals surface area (Å²) in [4.78, 5) is 25.0. The quantitative estimate of drug-likeness (QED) is 0.455. The Hall–Kier alpha value is -3.72. The molecule has 5 aromatic rings. The van der Waals surface area contributed by atoms with E-state index in [0.717, 1.165) is 48.2 Å². The number of oxazole rings is 1. The highest BCUT2D eigenvalue weighted by Gasteiger charge is 2.24. The van der Waals surface area contributed by atoms with Gasteiger partial charge in [-0.1, -0.05) is 30.3 Å². The third-order valence-corrected chi connectivity index (χ3v) is 6.40. The molecule has 2 N–H and O–H groups in total. The van der Waals surface area contributed by atoms with Crippen molar-refractivity contribution in [3.8, 4) is 0 Å². The number of benzene rings is 2. The van der Waals surface area contributed by atoms with Crippen molar-refractivity contribution in [1.29, 1.82) is 0 Å². The van der Waals surface area contributed by atoms with Gasteiger partial charge in [0.15, 0.2) is 5.58 Å². The molecule has 0 amide bonds.